The molecule has 1 aliphatic rings. The van der Waals surface area contributed by atoms with E-state index in [4.69, 9.17) is 0 Å². The van der Waals surface area contributed by atoms with Gasteiger partial charge in [0.2, 0.25) is 0 Å². The summed E-state index contributed by atoms with van der Waals surface area (Å²) >= 11 is 0. The summed E-state index contributed by atoms with van der Waals surface area (Å²) in [6.07, 6.45) is 5.40. The van der Waals surface area contributed by atoms with E-state index in [-0.39, 0.29) is 5.75 Å². The first-order valence-corrected chi connectivity index (χ1v) is 8.75. The number of nitrogens with zero attached hydrogens (tertiary/aromatic N) is 5. The molecule has 1 fully saturated rings. The van der Waals surface area contributed by atoms with Gasteiger partial charge in [0.05, 0.1) is 18.1 Å². The van der Waals surface area contributed by atoms with E-state index in [9.17, 15) is 10.2 Å². The zero-order chi connectivity index (χ0) is 17.9. The van der Waals surface area contributed by atoms with Crippen molar-refractivity contribution in [3.63, 3.8) is 0 Å². The van der Waals surface area contributed by atoms with Gasteiger partial charge >= 0.3 is 0 Å². The van der Waals surface area contributed by atoms with E-state index in [2.05, 4.69) is 26.3 Å². The van der Waals surface area contributed by atoms with Gasteiger partial charge in [0.25, 0.3) is 0 Å². The molecule has 1 saturated heterocycles. The van der Waals surface area contributed by atoms with Crippen LogP contribution in [0.15, 0.2) is 48.8 Å². The van der Waals surface area contributed by atoms with E-state index in [1.807, 2.05) is 18.3 Å². The zero-order valence-electron chi connectivity index (χ0n) is 14.4. The van der Waals surface area contributed by atoms with Crippen molar-refractivity contribution in [2.75, 3.05) is 13.1 Å². The zero-order valence-corrected chi connectivity index (χ0v) is 14.4. The average molecular weight is 351 g/mol. The Morgan fingerprint density at radius 2 is 1.88 bits per heavy atom. The third-order valence-electron chi connectivity index (χ3n) is 4.82. The minimum Gasteiger partial charge on any atom is -0.508 e. The van der Waals surface area contributed by atoms with Crippen LogP contribution in [-0.2, 0) is 6.54 Å². The standard InChI is InChI=1S/C19H21N5O2/c25-17-3-1-2-15(10-17)14-6-8-23(9-7-14)12-16-13-24(22-21-16)19-5-4-18(26)11-20-19/h1-5,10-11,13-14,25-26H,6-9,12H2. The lowest BCUT2D eigenvalue weighted by Gasteiger charge is -2.31. The molecule has 2 N–H and O–H groups in total. The fourth-order valence-electron chi connectivity index (χ4n) is 3.43. The lowest BCUT2D eigenvalue weighted by molar-refractivity contribution is 0.202. The quantitative estimate of drug-likeness (QED) is 0.751. The van der Waals surface area contributed by atoms with E-state index in [1.165, 1.54) is 11.8 Å². The molecule has 4 rings (SSSR count). The molecular formula is C19H21N5O2. The third kappa shape index (κ3) is 3.67. The lowest BCUT2D eigenvalue weighted by Crippen LogP contribution is -2.32. The predicted octanol–water partition coefficient (Wildman–Crippen LogP) is 2.45. The first-order valence-electron chi connectivity index (χ1n) is 8.75. The SMILES string of the molecule is Oc1ccc(-n2cc(CN3CCC(c4cccc(O)c4)CC3)nn2)nc1. The van der Waals surface area contributed by atoms with E-state index in [0.29, 0.717) is 17.5 Å². The first kappa shape index (κ1) is 16.5. The molecule has 0 amide bonds. The molecule has 0 saturated carbocycles. The number of aromatic nitrogens is 4. The molecule has 1 aliphatic heterocycles. The second kappa shape index (κ2) is 7.13. The Balaban J connectivity index is 1.35. The Morgan fingerprint density at radius 1 is 1.04 bits per heavy atom. The molecule has 7 heteroatoms. The summed E-state index contributed by atoms with van der Waals surface area (Å²) in [5, 5.41) is 27.3. The van der Waals surface area contributed by atoms with Gasteiger partial charge in [-0.2, -0.15) is 0 Å². The average Bonchev–Trinajstić information content (AvgIpc) is 3.11. The molecule has 3 aromatic rings. The number of rotatable bonds is 4. The monoisotopic (exact) mass is 351 g/mol. The molecule has 2 aromatic heterocycles. The van der Waals surface area contributed by atoms with Crippen molar-refractivity contribution in [2.24, 2.45) is 0 Å². The molecule has 0 aliphatic carbocycles. The van der Waals surface area contributed by atoms with Crippen LogP contribution in [0.5, 0.6) is 11.5 Å². The number of pyridine rings is 1. The van der Waals surface area contributed by atoms with E-state index < -0.39 is 0 Å². The maximum absolute atomic E-state index is 9.66. The second-order valence-electron chi connectivity index (χ2n) is 6.67. The summed E-state index contributed by atoms with van der Waals surface area (Å²) in [5.74, 6) is 1.59. The summed E-state index contributed by atoms with van der Waals surface area (Å²) < 4.78 is 1.62. The number of likely N-dealkylation sites (tertiary alicyclic amines) is 1. The number of piperidine rings is 1. The summed E-state index contributed by atoms with van der Waals surface area (Å²) in [6, 6.07) is 10.9. The van der Waals surface area contributed by atoms with E-state index >= 15 is 0 Å². The summed E-state index contributed by atoms with van der Waals surface area (Å²) in [7, 11) is 0. The van der Waals surface area contributed by atoms with Crippen molar-refractivity contribution in [1.82, 2.24) is 24.9 Å². The number of benzene rings is 1. The van der Waals surface area contributed by atoms with Crippen molar-refractivity contribution >= 4 is 0 Å². The number of phenolic OH excluding ortho intramolecular Hbond substituents is 1. The summed E-state index contributed by atoms with van der Waals surface area (Å²) in [6.45, 7) is 2.74. The van der Waals surface area contributed by atoms with Gasteiger partial charge in [-0.05, 0) is 61.7 Å². The normalized spacial score (nSPS) is 16.0. The van der Waals surface area contributed by atoms with Gasteiger partial charge in [0.15, 0.2) is 5.82 Å². The van der Waals surface area contributed by atoms with Crippen LogP contribution in [0.25, 0.3) is 5.82 Å². The molecule has 0 spiro atoms. The molecule has 0 radical (unpaired) electrons. The van der Waals surface area contributed by atoms with Gasteiger partial charge in [0, 0.05) is 6.54 Å². The molecule has 26 heavy (non-hydrogen) atoms. The minimum atomic E-state index is 0.128. The molecule has 0 unspecified atom stereocenters. The number of aromatic hydroxyl groups is 2. The van der Waals surface area contributed by atoms with Gasteiger partial charge in [-0.1, -0.05) is 17.3 Å². The molecule has 134 valence electrons. The highest BCUT2D eigenvalue weighted by Gasteiger charge is 2.21. The number of phenols is 1. The highest BCUT2D eigenvalue weighted by Crippen LogP contribution is 2.30. The van der Waals surface area contributed by atoms with Crippen LogP contribution >= 0.6 is 0 Å². The Labute approximate surface area is 151 Å². The van der Waals surface area contributed by atoms with Crippen LogP contribution in [0.4, 0.5) is 0 Å². The Morgan fingerprint density at radius 3 is 2.62 bits per heavy atom. The summed E-state index contributed by atoms with van der Waals surface area (Å²) in [4.78, 5) is 6.51. The molecule has 1 aromatic carbocycles. The Bertz CT molecular complexity index is 870. The topological polar surface area (TPSA) is 87.3 Å². The summed E-state index contributed by atoms with van der Waals surface area (Å²) in [5.41, 5.74) is 2.12. The molecule has 0 atom stereocenters. The number of hydrogen-bond acceptors (Lipinski definition) is 6. The van der Waals surface area contributed by atoms with Crippen LogP contribution in [0, 0.1) is 0 Å². The fraction of sp³-hybridized carbons (Fsp3) is 0.316. The Kier molecular flexibility index (Phi) is 4.53. The minimum absolute atomic E-state index is 0.128. The van der Waals surface area contributed by atoms with Crippen molar-refractivity contribution in [2.45, 2.75) is 25.3 Å². The largest absolute Gasteiger partial charge is 0.508 e. The van der Waals surface area contributed by atoms with E-state index in [0.717, 1.165) is 38.2 Å². The molecule has 0 bridgehead atoms. The van der Waals surface area contributed by atoms with Crippen molar-refractivity contribution in [3.8, 4) is 17.3 Å². The van der Waals surface area contributed by atoms with Crippen LogP contribution in [0.1, 0.15) is 30.0 Å². The fourth-order valence-corrected chi connectivity index (χ4v) is 3.43. The highest BCUT2D eigenvalue weighted by molar-refractivity contribution is 5.30. The molecular weight excluding hydrogens is 330 g/mol. The Hall–Kier alpha value is -2.93. The highest BCUT2D eigenvalue weighted by atomic mass is 16.3. The van der Waals surface area contributed by atoms with Gasteiger partial charge < -0.3 is 10.2 Å². The van der Waals surface area contributed by atoms with Crippen LogP contribution in [-0.4, -0.2) is 48.2 Å². The van der Waals surface area contributed by atoms with Crippen LogP contribution in [0.3, 0.4) is 0 Å². The molecule has 3 heterocycles. The van der Waals surface area contributed by atoms with Crippen LogP contribution in [0.2, 0.25) is 0 Å². The molecule has 7 nitrogen and oxygen atoms in total. The second-order valence-corrected chi connectivity index (χ2v) is 6.67. The first-order chi connectivity index (χ1) is 12.7. The maximum atomic E-state index is 9.66. The predicted molar refractivity (Wildman–Crippen MR) is 96.2 cm³/mol. The maximum Gasteiger partial charge on any atom is 0.155 e. The van der Waals surface area contributed by atoms with Gasteiger partial charge in [-0.15, -0.1) is 5.10 Å². The number of hydrogen-bond donors (Lipinski definition) is 2. The smallest absolute Gasteiger partial charge is 0.155 e. The van der Waals surface area contributed by atoms with Gasteiger partial charge in [-0.3, -0.25) is 4.90 Å². The van der Waals surface area contributed by atoms with E-state index in [1.54, 1.807) is 22.9 Å². The van der Waals surface area contributed by atoms with Gasteiger partial charge in [0.1, 0.15) is 11.5 Å². The lowest BCUT2D eigenvalue weighted by atomic mass is 9.89. The van der Waals surface area contributed by atoms with Gasteiger partial charge in [-0.25, -0.2) is 9.67 Å². The van der Waals surface area contributed by atoms with Crippen LogP contribution < -0.4 is 0 Å². The van der Waals surface area contributed by atoms with Crippen molar-refractivity contribution in [3.05, 3.63) is 60.0 Å². The third-order valence-corrected chi connectivity index (χ3v) is 4.82. The van der Waals surface area contributed by atoms with Crippen molar-refractivity contribution in [1.29, 1.82) is 0 Å². The van der Waals surface area contributed by atoms with Crippen molar-refractivity contribution < 1.29 is 10.2 Å².